The van der Waals surface area contributed by atoms with Gasteiger partial charge in [0.15, 0.2) is 0 Å². The predicted molar refractivity (Wildman–Crippen MR) is 63.1 cm³/mol. The van der Waals surface area contributed by atoms with Gasteiger partial charge in [-0.3, -0.25) is 0 Å². The third kappa shape index (κ3) is 2.56. The lowest BCUT2D eigenvalue weighted by atomic mass is 10.2. The van der Waals surface area contributed by atoms with Crippen LogP contribution in [0, 0.1) is 0 Å². The van der Waals surface area contributed by atoms with E-state index in [1.165, 1.54) is 39.4 Å². The van der Waals surface area contributed by atoms with Crippen LogP contribution in [0.1, 0.15) is 10.4 Å². The van der Waals surface area contributed by atoms with Crippen LogP contribution >= 0.6 is 0 Å². The van der Waals surface area contributed by atoms with E-state index in [1.807, 2.05) is 0 Å². The lowest BCUT2D eigenvalue weighted by molar-refractivity contribution is 0.0596. The average Bonchev–Trinajstić information content (AvgIpc) is 2.27. The number of nitrogen functional groups attached to an aromatic ring is 1. The molecule has 1 aromatic rings. The highest BCUT2D eigenvalue weighted by atomic mass is 32.2. The van der Waals surface area contributed by atoms with Crippen LogP contribution in [0.3, 0.4) is 0 Å². The topological polar surface area (TPSA) is 89.7 Å². The Kier molecular flexibility index (Phi) is 3.74. The molecule has 0 amide bonds. The van der Waals surface area contributed by atoms with Crippen LogP contribution in [0.15, 0.2) is 23.1 Å². The SMILES string of the molecule is COC(=O)c1cc(N)ccc1S(=O)(=O)N(C)C. The Bertz CT molecular complexity index is 537. The van der Waals surface area contributed by atoms with E-state index in [1.54, 1.807) is 0 Å². The minimum atomic E-state index is -3.70. The van der Waals surface area contributed by atoms with E-state index >= 15 is 0 Å². The molecule has 0 aliphatic heterocycles. The average molecular weight is 258 g/mol. The summed E-state index contributed by atoms with van der Waals surface area (Å²) in [6, 6.07) is 3.99. The van der Waals surface area contributed by atoms with Crippen LogP contribution < -0.4 is 5.73 Å². The number of hydrogen-bond donors (Lipinski definition) is 1. The summed E-state index contributed by atoms with van der Waals surface area (Å²) in [7, 11) is 0.239. The second-order valence-electron chi connectivity index (χ2n) is 3.53. The first-order valence-electron chi connectivity index (χ1n) is 4.71. The van der Waals surface area contributed by atoms with Crippen molar-refractivity contribution in [3.8, 4) is 0 Å². The Morgan fingerprint density at radius 2 is 1.94 bits per heavy atom. The fourth-order valence-electron chi connectivity index (χ4n) is 1.24. The van der Waals surface area contributed by atoms with E-state index in [0.29, 0.717) is 5.69 Å². The first-order chi connectivity index (χ1) is 7.80. The van der Waals surface area contributed by atoms with E-state index in [0.717, 1.165) is 4.31 Å². The van der Waals surface area contributed by atoms with Gasteiger partial charge < -0.3 is 10.5 Å². The van der Waals surface area contributed by atoms with E-state index in [9.17, 15) is 13.2 Å². The number of esters is 1. The Balaban J connectivity index is 3.50. The number of carbonyl (C=O) groups is 1. The van der Waals surface area contributed by atoms with Crippen molar-refractivity contribution in [3.63, 3.8) is 0 Å². The molecule has 1 rings (SSSR count). The van der Waals surface area contributed by atoms with Crippen LogP contribution in [0.2, 0.25) is 0 Å². The maximum atomic E-state index is 12.0. The zero-order valence-corrected chi connectivity index (χ0v) is 10.6. The Hall–Kier alpha value is -1.60. The zero-order chi connectivity index (χ0) is 13.2. The highest BCUT2D eigenvalue weighted by Gasteiger charge is 2.25. The number of methoxy groups -OCH3 is 1. The van der Waals surface area contributed by atoms with Crippen molar-refractivity contribution in [1.82, 2.24) is 4.31 Å². The van der Waals surface area contributed by atoms with Gasteiger partial charge in [0.05, 0.1) is 17.6 Å². The van der Waals surface area contributed by atoms with Gasteiger partial charge in [0.2, 0.25) is 10.0 Å². The molecule has 0 unspecified atom stereocenters. The standard InChI is InChI=1S/C10H14N2O4S/c1-12(2)17(14,15)9-5-4-7(11)6-8(9)10(13)16-3/h4-6H,11H2,1-3H3. The minimum Gasteiger partial charge on any atom is -0.465 e. The van der Waals surface area contributed by atoms with Crippen molar-refractivity contribution < 1.29 is 17.9 Å². The lowest BCUT2D eigenvalue weighted by Gasteiger charge is -2.14. The van der Waals surface area contributed by atoms with Crippen LogP contribution in [0.25, 0.3) is 0 Å². The summed E-state index contributed by atoms with van der Waals surface area (Å²) in [4.78, 5) is 11.4. The molecule has 0 spiro atoms. The molecule has 0 aliphatic carbocycles. The number of ether oxygens (including phenoxy) is 1. The normalized spacial score (nSPS) is 11.5. The molecule has 17 heavy (non-hydrogen) atoms. The van der Waals surface area contributed by atoms with Gasteiger partial charge >= 0.3 is 5.97 Å². The molecule has 7 heteroatoms. The van der Waals surface area contributed by atoms with Crippen molar-refractivity contribution in [2.75, 3.05) is 26.9 Å². The number of carbonyl (C=O) groups excluding carboxylic acids is 1. The molecule has 0 atom stereocenters. The number of sulfonamides is 1. The summed E-state index contributed by atoms with van der Waals surface area (Å²) >= 11 is 0. The second-order valence-corrected chi connectivity index (χ2v) is 5.65. The Morgan fingerprint density at radius 3 is 2.41 bits per heavy atom. The fourth-order valence-corrected chi connectivity index (χ4v) is 2.29. The molecule has 94 valence electrons. The van der Waals surface area contributed by atoms with Gasteiger partial charge in [0.1, 0.15) is 0 Å². The highest BCUT2D eigenvalue weighted by molar-refractivity contribution is 7.89. The maximum absolute atomic E-state index is 12.0. The number of nitrogens with zero attached hydrogens (tertiary/aromatic N) is 1. The molecule has 6 nitrogen and oxygen atoms in total. The van der Waals surface area contributed by atoms with Gasteiger partial charge in [-0.15, -0.1) is 0 Å². The van der Waals surface area contributed by atoms with Gasteiger partial charge in [-0.1, -0.05) is 0 Å². The number of benzene rings is 1. The summed E-state index contributed by atoms with van der Waals surface area (Å²) in [6.45, 7) is 0. The molecule has 1 aromatic carbocycles. The summed E-state index contributed by atoms with van der Waals surface area (Å²) in [5.74, 6) is -0.738. The van der Waals surface area contributed by atoms with E-state index < -0.39 is 16.0 Å². The quantitative estimate of drug-likeness (QED) is 0.622. The van der Waals surface area contributed by atoms with Gasteiger partial charge in [-0.2, -0.15) is 0 Å². The van der Waals surface area contributed by atoms with Crippen LogP contribution in [0.4, 0.5) is 5.69 Å². The van der Waals surface area contributed by atoms with Crippen molar-refractivity contribution >= 4 is 21.7 Å². The first-order valence-corrected chi connectivity index (χ1v) is 6.15. The largest absolute Gasteiger partial charge is 0.465 e. The number of nitrogens with two attached hydrogens (primary N) is 1. The molecule has 0 radical (unpaired) electrons. The van der Waals surface area contributed by atoms with Gasteiger partial charge in [-0.25, -0.2) is 17.5 Å². The van der Waals surface area contributed by atoms with E-state index in [2.05, 4.69) is 4.74 Å². The predicted octanol–water partition coefficient (Wildman–Crippen LogP) is 0.306. The highest BCUT2D eigenvalue weighted by Crippen LogP contribution is 2.21. The summed E-state index contributed by atoms with van der Waals surface area (Å²) in [5.41, 5.74) is 5.75. The van der Waals surface area contributed by atoms with Crippen molar-refractivity contribution in [2.24, 2.45) is 0 Å². The number of rotatable bonds is 3. The van der Waals surface area contributed by atoms with Gasteiger partial charge in [-0.05, 0) is 18.2 Å². The van der Waals surface area contributed by atoms with Crippen molar-refractivity contribution in [1.29, 1.82) is 0 Å². The Labute approximate surface area is 100 Å². The maximum Gasteiger partial charge on any atom is 0.339 e. The molecule has 0 saturated carbocycles. The second kappa shape index (κ2) is 4.72. The monoisotopic (exact) mass is 258 g/mol. The van der Waals surface area contributed by atoms with E-state index in [4.69, 9.17) is 5.73 Å². The zero-order valence-electron chi connectivity index (χ0n) is 9.80. The fraction of sp³-hybridized carbons (Fsp3) is 0.300. The summed E-state index contributed by atoms with van der Waals surface area (Å²) in [5, 5.41) is 0. The first kappa shape index (κ1) is 13.5. The molecular formula is C10H14N2O4S. The third-order valence-corrected chi connectivity index (χ3v) is 4.04. The summed E-state index contributed by atoms with van der Waals surface area (Å²) < 4.78 is 29.5. The molecule has 0 aromatic heterocycles. The van der Waals surface area contributed by atoms with Gasteiger partial charge in [0, 0.05) is 19.8 Å². The van der Waals surface area contributed by atoms with Crippen LogP contribution in [-0.4, -0.2) is 39.9 Å². The molecular weight excluding hydrogens is 244 g/mol. The number of hydrogen-bond acceptors (Lipinski definition) is 5. The molecule has 2 N–H and O–H groups in total. The van der Waals surface area contributed by atoms with Crippen LogP contribution in [0.5, 0.6) is 0 Å². The molecule has 0 fully saturated rings. The van der Waals surface area contributed by atoms with Gasteiger partial charge in [0.25, 0.3) is 0 Å². The third-order valence-electron chi connectivity index (χ3n) is 2.17. The smallest absolute Gasteiger partial charge is 0.339 e. The molecule has 0 heterocycles. The number of anilines is 1. The van der Waals surface area contributed by atoms with Crippen molar-refractivity contribution in [2.45, 2.75) is 4.90 Å². The molecule has 0 bridgehead atoms. The molecule has 0 aliphatic rings. The molecule has 0 saturated heterocycles. The lowest BCUT2D eigenvalue weighted by Crippen LogP contribution is -2.24. The van der Waals surface area contributed by atoms with Crippen LogP contribution in [-0.2, 0) is 14.8 Å². The minimum absolute atomic E-state index is 0.0683. The Morgan fingerprint density at radius 1 is 1.35 bits per heavy atom. The van der Waals surface area contributed by atoms with Crippen molar-refractivity contribution in [3.05, 3.63) is 23.8 Å². The van der Waals surface area contributed by atoms with E-state index in [-0.39, 0.29) is 10.5 Å². The summed E-state index contributed by atoms with van der Waals surface area (Å²) in [6.07, 6.45) is 0.